The summed E-state index contributed by atoms with van der Waals surface area (Å²) in [5.74, 6) is 0.673. The summed E-state index contributed by atoms with van der Waals surface area (Å²) in [6, 6.07) is 92.9. The summed E-state index contributed by atoms with van der Waals surface area (Å²) in [5.41, 5.74) is 23.9. The van der Waals surface area contributed by atoms with Gasteiger partial charge in [0.15, 0.2) is 0 Å². The highest BCUT2D eigenvalue weighted by molar-refractivity contribution is 8.00. The molecule has 0 amide bonds. The topological polar surface area (TPSA) is 4.93 Å². The van der Waals surface area contributed by atoms with Gasteiger partial charge in [0, 0.05) is 68.8 Å². The number of nitrogens with zero attached hydrogens (tertiary/aromatic N) is 1. The fourth-order valence-corrected chi connectivity index (χ4v) is 17.1. The monoisotopic (exact) mass is 1100 g/mol. The van der Waals surface area contributed by atoms with E-state index in [1.54, 1.807) is 0 Å². The first-order chi connectivity index (χ1) is 40.6. The van der Waals surface area contributed by atoms with Crippen LogP contribution in [0.15, 0.2) is 295 Å². The lowest BCUT2D eigenvalue weighted by atomic mass is 9.86. The van der Waals surface area contributed by atoms with Crippen LogP contribution in [-0.4, -0.2) is 15.1 Å². The molecule has 2 aromatic heterocycles. The molecule has 82 heavy (non-hydrogen) atoms. The molecule has 13 aromatic rings. The Hall–Kier alpha value is -8.90. The first-order valence-electron chi connectivity index (χ1n) is 28.4. The number of benzene rings is 11. The van der Waals surface area contributed by atoms with Gasteiger partial charge in [0.25, 0.3) is 0 Å². The van der Waals surface area contributed by atoms with E-state index in [1.165, 1.54) is 141 Å². The predicted octanol–water partition coefficient (Wildman–Crippen LogP) is 21.9. The maximum Gasteiger partial charge on any atom is 0.0541 e. The van der Waals surface area contributed by atoms with Gasteiger partial charge < -0.3 is 4.57 Å². The quantitative estimate of drug-likeness (QED) is 0.149. The van der Waals surface area contributed by atoms with Crippen LogP contribution in [0.1, 0.15) is 34.1 Å². The zero-order valence-corrected chi connectivity index (χ0v) is 47.1. The fraction of sp³-hybridized carbons (Fsp3) is 0.0513. The van der Waals surface area contributed by atoms with Crippen molar-refractivity contribution in [1.29, 1.82) is 0 Å². The maximum atomic E-state index is 2.54. The van der Waals surface area contributed by atoms with Crippen molar-refractivity contribution in [3.8, 4) is 61.3 Å². The van der Waals surface area contributed by atoms with Crippen LogP contribution in [0.2, 0.25) is 0 Å². The Bertz CT molecular complexity index is 4880. The molecule has 4 heterocycles. The number of hydrogen-bond donors (Lipinski definition) is 0. The molecule has 0 spiro atoms. The van der Waals surface area contributed by atoms with E-state index in [2.05, 4.69) is 290 Å². The minimum atomic E-state index is 0.297. The average Bonchev–Trinajstić information content (AvgIpc) is 4.17. The third-order valence-electron chi connectivity index (χ3n) is 17.5. The molecule has 0 saturated heterocycles. The van der Waals surface area contributed by atoms with Crippen molar-refractivity contribution in [2.45, 2.75) is 32.1 Å². The van der Waals surface area contributed by atoms with E-state index in [9.17, 15) is 0 Å². The summed E-state index contributed by atoms with van der Waals surface area (Å²) in [6.45, 7) is 0. The molecule has 386 valence electrons. The number of aromatic nitrogens is 1. The van der Waals surface area contributed by atoms with Crippen LogP contribution in [0, 0.1) is 0 Å². The molecule has 4 heteroatoms. The number of hydrogen-bond acceptors (Lipinski definition) is 3. The molecule has 1 nitrogen and oxygen atoms in total. The molecular weight excluding hydrogens is 1050 g/mol. The molecule has 11 aromatic carbocycles. The van der Waals surface area contributed by atoms with Gasteiger partial charge in [-0.25, -0.2) is 0 Å². The van der Waals surface area contributed by atoms with E-state index >= 15 is 0 Å². The van der Waals surface area contributed by atoms with Gasteiger partial charge in [0.2, 0.25) is 0 Å². The molecule has 0 radical (unpaired) electrons. The lowest BCUT2D eigenvalue weighted by Gasteiger charge is -2.19. The number of thiophene rings is 1. The molecule has 2 aliphatic heterocycles. The first-order valence-corrected chi connectivity index (χ1v) is 31.0. The Balaban J connectivity index is 0.692. The van der Waals surface area contributed by atoms with Crippen molar-refractivity contribution in [2.75, 3.05) is 0 Å². The van der Waals surface area contributed by atoms with Gasteiger partial charge in [-0.1, -0.05) is 206 Å². The molecule has 0 fully saturated rings. The smallest absolute Gasteiger partial charge is 0.0541 e. The fourth-order valence-electron chi connectivity index (χ4n) is 13.4. The van der Waals surface area contributed by atoms with E-state index < -0.39 is 0 Å². The van der Waals surface area contributed by atoms with Crippen molar-refractivity contribution in [1.82, 2.24) is 4.57 Å². The van der Waals surface area contributed by atoms with E-state index in [4.69, 9.17) is 0 Å². The summed E-state index contributed by atoms with van der Waals surface area (Å²) in [6.07, 6.45) is 14.6. The highest BCUT2D eigenvalue weighted by Crippen LogP contribution is 2.53. The van der Waals surface area contributed by atoms with Gasteiger partial charge in [-0.05, 0) is 168 Å². The van der Waals surface area contributed by atoms with Crippen LogP contribution in [0.5, 0.6) is 0 Å². The van der Waals surface area contributed by atoms with Crippen LogP contribution in [0.4, 0.5) is 0 Å². The Kier molecular flexibility index (Phi) is 11.3. The van der Waals surface area contributed by atoms with Crippen LogP contribution in [0.3, 0.4) is 0 Å². The molecular formula is C78H51NS3. The van der Waals surface area contributed by atoms with Crippen LogP contribution >= 0.6 is 34.9 Å². The predicted molar refractivity (Wildman–Crippen MR) is 353 cm³/mol. The zero-order chi connectivity index (χ0) is 53.8. The van der Waals surface area contributed by atoms with E-state index in [-0.39, 0.29) is 0 Å². The lowest BCUT2D eigenvalue weighted by Crippen LogP contribution is -2.09. The van der Waals surface area contributed by atoms with Gasteiger partial charge in [-0.2, -0.15) is 0 Å². The molecule has 4 aliphatic rings. The van der Waals surface area contributed by atoms with Crippen molar-refractivity contribution >= 4 is 88.0 Å². The summed E-state index contributed by atoms with van der Waals surface area (Å²) < 4.78 is 5.11. The zero-order valence-electron chi connectivity index (χ0n) is 44.6. The van der Waals surface area contributed by atoms with Gasteiger partial charge in [-0.3, -0.25) is 0 Å². The molecule has 4 unspecified atom stereocenters. The molecule has 17 rings (SSSR count). The lowest BCUT2D eigenvalue weighted by molar-refractivity contribution is 0.884. The largest absolute Gasteiger partial charge is 0.309 e. The van der Waals surface area contributed by atoms with Crippen LogP contribution < -0.4 is 0 Å². The Morgan fingerprint density at radius 2 is 0.768 bits per heavy atom. The number of rotatable bonds is 8. The highest BCUT2D eigenvalue weighted by Gasteiger charge is 2.34. The molecule has 2 aliphatic carbocycles. The van der Waals surface area contributed by atoms with Gasteiger partial charge in [-0.15, -0.1) is 34.9 Å². The van der Waals surface area contributed by atoms with Gasteiger partial charge in [0.05, 0.1) is 11.0 Å². The van der Waals surface area contributed by atoms with Crippen molar-refractivity contribution in [3.05, 3.63) is 307 Å². The SMILES string of the molecule is C1=CC2Sc3ccc(-c4ccc(-c5ccc6c(c5)c5cc(C7=CC8c9ccccc9SC8C=C7)ccc5n6-c5cccc(-c6ccccc6)c5)cc4)cc3C2C=C1c1ccc2sc3ccc(-c4ccccc4-c4ccccc4)cc3c2c1. The summed E-state index contributed by atoms with van der Waals surface area (Å²) in [5, 5.41) is 5.97. The first kappa shape index (κ1) is 47.9. The minimum absolute atomic E-state index is 0.297. The molecule has 0 N–H and O–H groups in total. The molecule has 4 atom stereocenters. The van der Waals surface area contributed by atoms with Gasteiger partial charge >= 0.3 is 0 Å². The Morgan fingerprint density at radius 3 is 1.46 bits per heavy atom. The van der Waals surface area contributed by atoms with Crippen molar-refractivity contribution < 1.29 is 0 Å². The van der Waals surface area contributed by atoms with Crippen molar-refractivity contribution in [3.63, 3.8) is 0 Å². The van der Waals surface area contributed by atoms with Crippen molar-refractivity contribution in [2.24, 2.45) is 0 Å². The number of allylic oxidation sites excluding steroid dienone is 6. The second kappa shape index (κ2) is 19.4. The third kappa shape index (κ3) is 8.07. The van der Waals surface area contributed by atoms with Crippen LogP contribution in [-0.2, 0) is 0 Å². The average molecular weight is 1100 g/mol. The van der Waals surface area contributed by atoms with E-state index in [0.717, 1.165) is 5.69 Å². The Morgan fingerprint density at radius 1 is 0.305 bits per heavy atom. The van der Waals surface area contributed by atoms with Crippen LogP contribution in [0.25, 0.3) is 114 Å². The third-order valence-corrected chi connectivity index (χ3v) is 21.4. The summed E-state index contributed by atoms with van der Waals surface area (Å²) in [7, 11) is 0. The molecule has 0 saturated carbocycles. The minimum Gasteiger partial charge on any atom is -0.309 e. The summed E-state index contributed by atoms with van der Waals surface area (Å²) in [4.78, 5) is 2.78. The Labute approximate surface area is 490 Å². The summed E-state index contributed by atoms with van der Waals surface area (Å²) >= 11 is 5.87. The van der Waals surface area contributed by atoms with E-state index in [0.29, 0.717) is 22.3 Å². The highest BCUT2D eigenvalue weighted by atomic mass is 32.2. The number of fused-ring (bicyclic) bond motifs is 12. The molecule has 0 bridgehead atoms. The number of thioether (sulfide) groups is 2. The second-order valence-electron chi connectivity index (χ2n) is 22.2. The van der Waals surface area contributed by atoms with Gasteiger partial charge in [0.1, 0.15) is 0 Å². The second-order valence-corrected chi connectivity index (χ2v) is 25.7. The normalized spacial score (nSPS) is 17.7. The van der Waals surface area contributed by atoms with E-state index in [1.807, 2.05) is 34.9 Å². The standard InChI is InChI=1S/C78H51NS3/c1-3-12-48(13-4-1)52-16-11-17-60(40-52)79-71-33-26-53(41-64(71)65-42-55(27-34-72(65)79)56-29-36-74-66(44-56)63-20-9-10-21-73(63)80-74)49-22-24-50(25-23-49)54-28-35-75-67(43-54)68-45-57(30-37-76(68)81-75)58-31-38-77-69(46-58)70-47-59(32-39-78(70)82-77)62-19-8-7-18-61(62)51-14-5-2-6-15-51/h1-47,66,68,74,76H. The maximum absolute atomic E-state index is 2.54.